The van der Waals surface area contributed by atoms with Crippen LogP contribution in [0.25, 0.3) is 0 Å². The summed E-state index contributed by atoms with van der Waals surface area (Å²) in [6.07, 6.45) is -0.174. The first kappa shape index (κ1) is 26.3. The molecule has 198 valence electrons. The highest BCUT2D eigenvalue weighted by Crippen LogP contribution is 2.45. The van der Waals surface area contributed by atoms with Gasteiger partial charge in [0.2, 0.25) is 5.91 Å². The maximum absolute atomic E-state index is 14.3. The summed E-state index contributed by atoms with van der Waals surface area (Å²) in [4.78, 5) is 34.9. The highest BCUT2D eigenvalue weighted by molar-refractivity contribution is 6.30. The molecule has 0 spiro atoms. The number of nitrogens with zero attached hydrogens (tertiary/aromatic N) is 4. The number of rotatable bonds is 5. The van der Waals surface area contributed by atoms with E-state index in [2.05, 4.69) is 11.4 Å². The lowest BCUT2D eigenvalue weighted by atomic mass is 9.93. The highest BCUT2D eigenvalue weighted by Gasteiger charge is 2.45. The molecule has 0 aromatic heterocycles. The minimum atomic E-state index is -0.498. The molecule has 2 unspecified atom stereocenters. The predicted octanol–water partition coefficient (Wildman–Crippen LogP) is 5.10. The minimum absolute atomic E-state index is 0.0432. The second kappa shape index (κ2) is 11.2. The van der Waals surface area contributed by atoms with Gasteiger partial charge in [-0.2, -0.15) is 5.26 Å². The van der Waals surface area contributed by atoms with Gasteiger partial charge in [0.1, 0.15) is 24.2 Å². The lowest BCUT2D eigenvalue weighted by Gasteiger charge is -2.35. The van der Waals surface area contributed by atoms with Crippen LogP contribution in [0, 0.1) is 11.3 Å². The summed E-state index contributed by atoms with van der Waals surface area (Å²) in [6, 6.07) is 23.2. The third kappa shape index (κ3) is 5.45. The van der Waals surface area contributed by atoms with Gasteiger partial charge in [0, 0.05) is 18.1 Å². The number of benzene rings is 3. The van der Waals surface area contributed by atoms with Gasteiger partial charge in [0.05, 0.1) is 29.3 Å². The third-order valence-electron chi connectivity index (χ3n) is 6.65. The van der Waals surface area contributed by atoms with E-state index in [1.165, 1.54) is 0 Å². The van der Waals surface area contributed by atoms with E-state index in [0.29, 0.717) is 40.8 Å². The SMILES string of the molecule is CC(C)Oc1cc(C#N)ccc1C1=NC(c2ccc(Cl)cc2)C(c2ccccc2)N1C(=O)N1CCNC(=O)C1. The Balaban J connectivity index is 1.71. The Morgan fingerprint density at radius 3 is 2.51 bits per heavy atom. The van der Waals surface area contributed by atoms with Gasteiger partial charge < -0.3 is 15.0 Å². The van der Waals surface area contributed by atoms with Gasteiger partial charge in [-0.3, -0.25) is 14.7 Å². The smallest absolute Gasteiger partial charge is 0.326 e. The summed E-state index contributed by atoms with van der Waals surface area (Å²) < 4.78 is 6.12. The van der Waals surface area contributed by atoms with Gasteiger partial charge in [-0.25, -0.2) is 4.79 Å². The zero-order valence-electron chi connectivity index (χ0n) is 21.7. The lowest BCUT2D eigenvalue weighted by Crippen LogP contribution is -2.55. The number of urea groups is 1. The number of carbonyl (C=O) groups excluding carboxylic acids is 2. The Morgan fingerprint density at radius 1 is 1.10 bits per heavy atom. The molecule has 2 aliphatic rings. The number of amidine groups is 1. The molecule has 3 aromatic rings. The molecule has 0 radical (unpaired) electrons. The van der Waals surface area contributed by atoms with E-state index in [4.69, 9.17) is 21.3 Å². The molecule has 1 saturated heterocycles. The molecule has 0 saturated carbocycles. The molecule has 1 N–H and O–H groups in total. The molecule has 9 heteroatoms. The van der Waals surface area contributed by atoms with Crippen LogP contribution in [-0.4, -0.2) is 53.3 Å². The highest BCUT2D eigenvalue weighted by atomic mass is 35.5. The van der Waals surface area contributed by atoms with Crippen LogP contribution in [0.2, 0.25) is 5.02 Å². The number of hydrogen-bond acceptors (Lipinski definition) is 5. The van der Waals surface area contributed by atoms with Crippen LogP contribution in [0.15, 0.2) is 77.8 Å². The van der Waals surface area contributed by atoms with Crippen molar-refractivity contribution in [1.82, 2.24) is 15.1 Å². The van der Waals surface area contributed by atoms with Crippen LogP contribution < -0.4 is 10.1 Å². The largest absolute Gasteiger partial charge is 0.490 e. The number of carbonyl (C=O) groups is 2. The maximum atomic E-state index is 14.3. The summed E-state index contributed by atoms with van der Waals surface area (Å²) in [5.74, 6) is 0.667. The molecule has 39 heavy (non-hydrogen) atoms. The monoisotopic (exact) mass is 541 g/mol. The minimum Gasteiger partial charge on any atom is -0.490 e. The first-order valence-electron chi connectivity index (χ1n) is 12.8. The molecule has 5 rings (SSSR count). The lowest BCUT2D eigenvalue weighted by molar-refractivity contribution is -0.123. The van der Waals surface area contributed by atoms with E-state index < -0.39 is 12.1 Å². The van der Waals surface area contributed by atoms with Gasteiger partial charge in [-0.15, -0.1) is 0 Å². The second-order valence-corrected chi connectivity index (χ2v) is 10.2. The van der Waals surface area contributed by atoms with Crippen molar-refractivity contribution in [3.63, 3.8) is 0 Å². The molecule has 2 atom stereocenters. The standard InChI is InChI=1S/C30H28ClN5O3/c1-19(2)39-25-16-20(17-32)8-13-24(25)29-34-27(21-9-11-23(31)12-10-21)28(22-6-4-3-5-7-22)36(29)30(38)35-15-14-33-26(37)18-35/h3-13,16,19,27-28H,14-15,18H2,1-2H3,(H,33,37). The maximum Gasteiger partial charge on any atom is 0.326 e. The van der Waals surface area contributed by atoms with E-state index in [1.54, 1.807) is 28.0 Å². The number of nitriles is 1. The van der Waals surface area contributed by atoms with Crippen LogP contribution >= 0.6 is 11.6 Å². The fourth-order valence-corrected chi connectivity index (χ4v) is 5.05. The number of nitrogens with one attached hydrogen (secondary N) is 1. The van der Waals surface area contributed by atoms with Crippen LogP contribution in [0.5, 0.6) is 5.75 Å². The summed E-state index contributed by atoms with van der Waals surface area (Å²) in [7, 11) is 0. The van der Waals surface area contributed by atoms with Gasteiger partial charge >= 0.3 is 6.03 Å². The Labute approximate surface area is 232 Å². The zero-order valence-corrected chi connectivity index (χ0v) is 22.4. The van der Waals surface area contributed by atoms with Crippen molar-refractivity contribution < 1.29 is 14.3 Å². The number of ether oxygens (including phenoxy) is 1. The average molecular weight is 542 g/mol. The first-order valence-corrected chi connectivity index (χ1v) is 13.2. The Bertz CT molecular complexity index is 1450. The summed E-state index contributed by atoms with van der Waals surface area (Å²) in [5, 5.41) is 12.9. The van der Waals surface area contributed by atoms with Crippen molar-refractivity contribution in [2.24, 2.45) is 4.99 Å². The van der Waals surface area contributed by atoms with Gasteiger partial charge in [-0.1, -0.05) is 54.1 Å². The topological polar surface area (TPSA) is 98.0 Å². The quantitative estimate of drug-likeness (QED) is 0.486. The van der Waals surface area contributed by atoms with Crippen LogP contribution in [0.1, 0.15) is 48.2 Å². The molecule has 0 aliphatic carbocycles. The van der Waals surface area contributed by atoms with Crippen LogP contribution in [-0.2, 0) is 4.79 Å². The van der Waals surface area contributed by atoms with E-state index in [0.717, 1.165) is 11.1 Å². The Hall–Kier alpha value is -4.35. The first-order chi connectivity index (χ1) is 18.9. The molecule has 8 nitrogen and oxygen atoms in total. The fourth-order valence-electron chi connectivity index (χ4n) is 4.93. The summed E-state index contributed by atoms with van der Waals surface area (Å²) in [5.41, 5.74) is 2.81. The van der Waals surface area contributed by atoms with E-state index in [9.17, 15) is 14.9 Å². The molecular formula is C30H28ClN5O3. The van der Waals surface area contributed by atoms with Gasteiger partial charge in [-0.05, 0) is 55.3 Å². The number of hydrogen-bond donors (Lipinski definition) is 1. The van der Waals surface area contributed by atoms with Gasteiger partial charge in [0.25, 0.3) is 0 Å². The van der Waals surface area contributed by atoms with Crippen LogP contribution in [0.4, 0.5) is 4.79 Å². The normalized spacial score (nSPS) is 18.9. The van der Waals surface area contributed by atoms with Crippen molar-refractivity contribution in [1.29, 1.82) is 5.26 Å². The Morgan fingerprint density at radius 2 is 1.85 bits per heavy atom. The molecule has 0 bridgehead atoms. The number of amides is 3. The van der Waals surface area contributed by atoms with Crippen molar-refractivity contribution in [2.75, 3.05) is 19.6 Å². The zero-order chi connectivity index (χ0) is 27.5. The molecule has 3 amide bonds. The molecular weight excluding hydrogens is 514 g/mol. The van der Waals surface area contributed by atoms with Crippen molar-refractivity contribution in [2.45, 2.75) is 32.0 Å². The van der Waals surface area contributed by atoms with Crippen LogP contribution in [0.3, 0.4) is 0 Å². The van der Waals surface area contributed by atoms with Crippen molar-refractivity contribution in [3.8, 4) is 11.8 Å². The average Bonchev–Trinajstić information content (AvgIpc) is 3.33. The fraction of sp³-hybridized carbons (Fsp3) is 0.267. The summed E-state index contributed by atoms with van der Waals surface area (Å²) >= 11 is 6.20. The van der Waals surface area contributed by atoms with E-state index >= 15 is 0 Å². The van der Waals surface area contributed by atoms with Gasteiger partial charge in [0.15, 0.2) is 0 Å². The number of aliphatic imine (C=N–C) groups is 1. The Kier molecular flexibility index (Phi) is 7.53. The molecule has 3 aromatic carbocycles. The van der Waals surface area contributed by atoms with Crippen molar-refractivity contribution >= 4 is 29.4 Å². The van der Waals surface area contributed by atoms with E-state index in [1.807, 2.05) is 68.4 Å². The molecule has 1 fully saturated rings. The third-order valence-corrected chi connectivity index (χ3v) is 6.90. The van der Waals surface area contributed by atoms with Crippen molar-refractivity contribution in [3.05, 3.63) is 100 Å². The number of piperazine rings is 1. The molecule has 2 aliphatic heterocycles. The number of halogens is 1. The summed E-state index contributed by atoms with van der Waals surface area (Å²) in [6.45, 7) is 4.51. The predicted molar refractivity (Wildman–Crippen MR) is 149 cm³/mol. The van der Waals surface area contributed by atoms with E-state index in [-0.39, 0.29) is 24.6 Å². The second-order valence-electron chi connectivity index (χ2n) is 9.72. The molecule has 2 heterocycles.